The first-order chi connectivity index (χ1) is 12.5. The lowest BCUT2D eigenvalue weighted by Gasteiger charge is -2.25. The fraction of sp³-hybridized carbons (Fsp3) is 0.350. The van der Waals surface area contributed by atoms with E-state index in [0.717, 1.165) is 23.4 Å². The third-order valence-corrected chi connectivity index (χ3v) is 3.94. The van der Waals surface area contributed by atoms with E-state index in [4.69, 9.17) is 4.74 Å². The molecule has 26 heavy (non-hydrogen) atoms. The van der Waals surface area contributed by atoms with Gasteiger partial charge in [-0.2, -0.15) is 0 Å². The van der Waals surface area contributed by atoms with Crippen molar-refractivity contribution in [1.29, 1.82) is 0 Å². The number of methoxy groups -OCH3 is 1. The van der Waals surface area contributed by atoms with Gasteiger partial charge in [0.2, 0.25) is 0 Å². The lowest BCUT2D eigenvalue weighted by molar-refractivity contribution is 0.190. The number of rotatable bonds is 8. The van der Waals surface area contributed by atoms with Crippen molar-refractivity contribution in [3.63, 3.8) is 0 Å². The Bertz CT molecular complexity index is 722. The molecule has 0 aliphatic rings. The molecule has 6 heteroatoms. The van der Waals surface area contributed by atoms with Gasteiger partial charge in [-0.25, -0.2) is 9.18 Å². The second-order valence-corrected chi connectivity index (χ2v) is 6.33. The summed E-state index contributed by atoms with van der Waals surface area (Å²) in [6.45, 7) is 1.96. The fourth-order valence-corrected chi connectivity index (χ4v) is 2.59. The van der Waals surface area contributed by atoms with Crippen molar-refractivity contribution in [2.75, 3.05) is 34.3 Å². The Balaban J connectivity index is 2.15. The van der Waals surface area contributed by atoms with Gasteiger partial charge in [-0.05, 0) is 37.9 Å². The topological polar surface area (TPSA) is 44.8 Å². The highest BCUT2D eigenvalue weighted by molar-refractivity contribution is 5.74. The molecule has 2 aromatic carbocycles. The van der Waals surface area contributed by atoms with Gasteiger partial charge in [0.25, 0.3) is 0 Å². The number of para-hydroxylation sites is 1. The number of ether oxygens (including phenoxy) is 1. The number of amides is 2. The van der Waals surface area contributed by atoms with Gasteiger partial charge in [0.05, 0.1) is 13.7 Å². The molecule has 0 spiro atoms. The van der Waals surface area contributed by atoms with Crippen molar-refractivity contribution < 1.29 is 13.9 Å². The minimum atomic E-state index is -0.312. The number of likely N-dealkylation sites (N-methyl/N-ethyl adjacent to an activating group) is 1. The molecule has 1 N–H and O–H groups in total. The van der Waals surface area contributed by atoms with Crippen LogP contribution in [0.1, 0.15) is 11.1 Å². The van der Waals surface area contributed by atoms with Crippen LogP contribution in [0.3, 0.4) is 0 Å². The summed E-state index contributed by atoms with van der Waals surface area (Å²) in [6.07, 6.45) is 0. The summed E-state index contributed by atoms with van der Waals surface area (Å²) in [7, 11) is 5.50. The van der Waals surface area contributed by atoms with Gasteiger partial charge in [-0.1, -0.05) is 30.3 Å². The second kappa shape index (κ2) is 9.77. The summed E-state index contributed by atoms with van der Waals surface area (Å²) in [5.41, 5.74) is 1.64. The van der Waals surface area contributed by atoms with Gasteiger partial charge in [-0.3, -0.25) is 0 Å². The van der Waals surface area contributed by atoms with Crippen LogP contribution in [-0.2, 0) is 13.1 Å². The molecule has 2 amide bonds. The summed E-state index contributed by atoms with van der Waals surface area (Å²) in [5, 5.41) is 2.92. The standard InChI is InChI=1S/C20H26FN3O2/c1-23(2)12-11-22-20(25)24(14-16-7-6-9-18(21)13-16)15-17-8-4-5-10-19(17)26-3/h4-10,13H,11-12,14-15H2,1-3H3,(H,22,25). The molecule has 0 aliphatic heterocycles. The number of benzene rings is 2. The molecule has 5 nitrogen and oxygen atoms in total. The predicted octanol–water partition coefficient (Wildman–Crippen LogP) is 3.11. The zero-order valence-electron chi connectivity index (χ0n) is 15.5. The van der Waals surface area contributed by atoms with E-state index in [1.54, 1.807) is 18.1 Å². The van der Waals surface area contributed by atoms with Gasteiger partial charge in [0, 0.05) is 25.2 Å². The van der Waals surface area contributed by atoms with Gasteiger partial charge in [-0.15, -0.1) is 0 Å². The first-order valence-electron chi connectivity index (χ1n) is 8.53. The van der Waals surface area contributed by atoms with Crippen LogP contribution in [0.15, 0.2) is 48.5 Å². The Morgan fingerprint density at radius 2 is 1.88 bits per heavy atom. The average Bonchev–Trinajstić information content (AvgIpc) is 2.61. The lowest BCUT2D eigenvalue weighted by Crippen LogP contribution is -2.41. The van der Waals surface area contributed by atoms with E-state index in [0.29, 0.717) is 19.6 Å². The van der Waals surface area contributed by atoms with Crippen LogP contribution in [0.5, 0.6) is 5.75 Å². The number of hydrogen-bond acceptors (Lipinski definition) is 3. The molecule has 0 fully saturated rings. The van der Waals surface area contributed by atoms with Crippen LogP contribution < -0.4 is 10.1 Å². The highest BCUT2D eigenvalue weighted by Gasteiger charge is 2.16. The zero-order chi connectivity index (χ0) is 18.9. The molecule has 2 rings (SSSR count). The van der Waals surface area contributed by atoms with Crippen molar-refractivity contribution in [2.45, 2.75) is 13.1 Å². The maximum absolute atomic E-state index is 13.5. The van der Waals surface area contributed by atoms with Crippen molar-refractivity contribution in [2.24, 2.45) is 0 Å². The van der Waals surface area contributed by atoms with Crippen molar-refractivity contribution in [3.05, 3.63) is 65.5 Å². The molecule has 0 heterocycles. The molecule has 0 saturated carbocycles. The molecule has 0 aliphatic carbocycles. The van der Waals surface area contributed by atoms with Crippen LogP contribution in [0, 0.1) is 5.82 Å². The Hall–Kier alpha value is -2.60. The average molecular weight is 359 g/mol. The monoisotopic (exact) mass is 359 g/mol. The van der Waals surface area contributed by atoms with Crippen molar-refractivity contribution >= 4 is 6.03 Å². The first kappa shape index (κ1) is 19.7. The summed E-state index contributed by atoms with van der Waals surface area (Å²) in [5.74, 6) is 0.408. The zero-order valence-corrected chi connectivity index (χ0v) is 15.5. The van der Waals surface area contributed by atoms with E-state index in [1.807, 2.05) is 49.3 Å². The molecule has 2 aromatic rings. The molecular weight excluding hydrogens is 333 g/mol. The summed E-state index contributed by atoms with van der Waals surface area (Å²) in [6, 6.07) is 13.7. The number of nitrogens with one attached hydrogen (secondary N) is 1. The minimum Gasteiger partial charge on any atom is -0.496 e. The minimum absolute atomic E-state index is 0.193. The van der Waals surface area contributed by atoms with Crippen LogP contribution in [0.25, 0.3) is 0 Å². The molecule has 140 valence electrons. The Kier molecular flexibility index (Phi) is 7.41. The Morgan fingerprint density at radius 3 is 2.58 bits per heavy atom. The van der Waals surface area contributed by atoms with E-state index in [-0.39, 0.29) is 11.8 Å². The molecule has 0 unspecified atom stereocenters. The number of urea groups is 1. The smallest absolute Gasteiger partial charge is 0.318 e. The van der Waals surface area contributed by atoms with E-state index in [1.165, 1.54) is 12.1 Å². The highest BCUT2D eigenvalue weighted by Crippen LogP contribution is 2.20. The van der Waals surface area contributed by atoms with Crippen LogP contribution in [0.2, 0.25) is 0 Å². The van der Waals surface area contributed by atoms with E-state index < -0.39 is 0 Å². The maximum atomic E-state index is 13.5. The normalized spacial score (nSPS) is 10.7. The van der Waals surface area contributed by atoms with Gasteiger partial charge in [0.1, 0.15) is 11.6 Å². The molecule has 0 aromatic heterocycles. The molecule has 0 atom stereocenters. The van der Waals surface area contributed by atoms with Crippen LogP contribution in [0.4, 0.5) is 9.18 Å². The van der Waals surface area contributed by atoms with Crippen LogP contribution in [-0.4, -0.2) is 50.1 Å². The van der Waals surface area contributed by atoms with Gasteiger partial charge < -0.3 is 19.9 Å². The van der Waals surface area contributed by atoms with Crippen molar-refractivity contribution in [1.82, 2.24) is 15.1 Å². The highest BCUT2D eigenvalue weighted by atomic mass is 19.1. The van der Waals surface area contributed by atoms with Gasteiger partial charge in [0.15, 0.2) is 0 Å². The first-order valence-corrected chi connectivity index (χ1v) is 8.53. The lowest BCUT2D eigenvalue weighted by atomic mass is 10.1. The molecular formula is C20H26FN3O2. The van der Waals surface area contributed by atoms with E-state index >= 15 is 0 Å². The second-order valence-electron chi connectivity index (χ2n) is 6.33. The molecule has 0 bridgehead atoms. The quantitative estimate of drug-likeness (QED) is 0.788. The fourth-order valence-electron chi connectivity index (χ4n) is 2.59. The predicted molar refractivity (Wildman–Crippen MR) is 101 cm³/mol. The maximum Gasteiger partial charge on any atom is 0.318 e. The number of carbonyl (C=O) groups excluding carboxylic acids is 1. The third-order valence-electron chi connectivity index (χ3n) is 3.94. The summed E-state index contributed by atoms with van der Waals surface area (Å²) >= 11 is 0. The third kappa shape index (κ3) is 6.04. The number of halogens is 1. The summed E-state index contributed by atoms with van der Waals surface area (Å²) < 4.78 is 18.9. The number of carbonyl (C=O) groups is 1. The SMILES string of the molecule is COc1ccccc1CN(Cc1cccc(F)c1)C(=O)NCCN(C)C. The largest absolute Gasteiger partial charge is 0.496 e. The Morgan fingerprint density at radius 1 is 1.12 bits per heavy atom. The van der Waals surface area contributed by atoms with Crippen LogP contribution >= 0.6 is 0 Å². The molecule has 0 radical (unpaired) electrons. The van der Waals surface area contributed by atoms with Gasteiger partial charge >= 0.3 is 6.03 Å². The number of nitrogens with zero attached hydrogens (tertiary/aromatic N) is 2. The number of hydrogen-bond donors (Lipinski definition) is 1. The van der Waals surface area contributed by atoms with Crippen molar-refractivity contribution in [3.8, 4) is 5.75 Å². The summed E-state index contributed by atoms with van der Waals surface area (Å²) in [4.78, 5) is 16.3. The Labute approximate surface area is 154 Å². The molecule has 0 saturated heterocycles. The van der Waals surface area contributed by atoms with E-state index in [9.17, 15) is 9.18 Å². The van der Waals surface area contributed by atoms with E-state index in [2.05, 4.69) is 5.32 Å².